The molecule has 8 heteroatoms. The SMILES string of the molecule is Cc1ccc(CNC(=O)C2CCN(CN3C(=O)NC4(CCc5ccccc5C4)C3=O)CC2)cc1F. The van der Waals surface area contributed by atoms with Crippen LogP contribution in [0.4, 0.5) is 9.18 Å². The lowest BCUT2D eigenvalue weighted by atomic mass is 9.78. The van der Waals surface area contributed by atoms with E-state index in [2.05, 4.69) is 21.6 Å². The third kappa shape index (κ3) is 4.67. The van der Waals surface area contributed by atoms with Crippen molar-refractivity contribution in [2.75, 3.05) is 19.8 Å². The molecule has 2 aromatic carbocycles. The summed E-state index contributed by atoms with van der Waals surface area (Å²) in [6.07, 6.45) is 3.20. The monoisotopic (exact) mass is 478 g/mol. The average molecular weight is 479 g/mol. The molecule has 5 rings (SSSR count). The lowest BCUT2D eigenvalue weighted by Gasteiger charge is -2.34. The molecule has 0 bridgehead atoms. The number of benzene rings is 2. The van der Waals surface area contributed by atoms with E-state index in [1.807, 2.05) is 24.3 Å². The molecule has 2 fully saturated rings. The number of nitrogens with zero attached hydrogens (tertiary/aromatic N) is 2. The Bertz CT molecular complexity index is 1160. The summed E-state index contributed by atoms with van der Waals surface area (Å²) in [7, 11) is 0. The van der Waals surface area contributed by atoms with Gasteiger partial charge in [-0.05, 0) is 60.9 Å². The first kappa shape index (κ1) is 23.5. The van der Waals surface area contributed by atoms with Crippen LogP contribution in [0.15, 0.2) is 42.5 Å². The second-order valence-corrected chi connectivity index (χ2v) is 10.0. The molecule has 2 saturated heterocycles. The molecule has 4 amide bonds. The average Bonchev–Trinajstić information content (AvgIpc) is 3.08. The number of carbonyl (C=O) groups excluding carboxylic acids is 3. The van der Waals surface area contributed by atoms with Crippen LogP contribution in [-0.4, -0.2) is 52.9 Å². The molecule has 2 aliphatic heterocycles. The molecule has 0 radical (unpaired) electrons. The van der Waals surface area contributed by atoms with Crippen LogP contribution in [0, 0.1) is 18.7 Å². The first-order chi connectivity index (χ1) is 16.8. The zero-order chi connectivity index (χ0) is 24.6. The molecule has 7 nitrogen and oxygen atoms in total. The Labute approximate surface area is 204 Å². The minimum Gasteiger partial charge on any atom is -0.352 e. The van der Waals surface area contributed by atoms with Crippen LogP contribution < -0.4 is 10.6 Å². The maximum absolute atomic E-state index is 13.7. The third-order valence-corrected chi connectivity index (χ3v) is 7.68. The predicted octanol–water partition coefficient (Wildman–Crippen LogP) is 2.90. The number of hydrogen-bond donors (Lipinski definition) is 2. The number of halogens is 1. The first-order valence-electron chi connectivity index (χ1n) is 12.3. The van der Waals surface area contributed by atoms with Gasteiger partial charge in [-0.1, -0.05) is 36.4 Å². The number of hydrogen-bond acceptors (Lipinski definition) is 4. The van der Waals surface area contributed by atoms with E-state index in [0.717, 1.165) is 17.5 Å². The highest BCUT2D eigenvalue weighted by Gasteiger charge is 2.52. The number of likely N-dealkylation sites (tertiary alicyclic amines) is 1. The van der Waals surface area contributed by atoms with Crippen LogP contribution in [0.5, 0.6) is 0 Å². The lowest BCUT2D eigenvalue weighted by Crippen LogP contribution is -2.52. The number of imide groups is 1. The van der Waals surface area contributed by atoms with Gasteiger partial charge in [0.25, 0.3) is 5.91 Å². The molecular formula is C27H31FN4O3. The van der Waals surface area contributed by atoms with Crippen molar-refractivity contribution in [3.63, 3.8) is 0 Å². The molecule has 0 aromatic heterocycles. The summed E-state index contributed by atoms with van der Waals surface area (Å²) < 4.78 is 13.7. The topological polar surface area (TPSA) is 81.8 Å². The van der Waals surface area contributed by atoms with Crippen molar-refractivity contribution in [3.8, 4) is 0 Å². The number of aryl methyl sites for hydroxylation is 2. The van der Waals surface area contributed by atoms with Crippen LogP contribution >= 0.6 is 0 Å². The first-order valence-corrected chi connectivity index (χ1v) is 12.3. The quantitative estimate of drug-likeness (QED) is 0.648. The Morgan fingerprint density at radius 1 is 1.14 bits per heavy atom. The number of rotatable bonds is 5. The van der Waals surface area contributed by atoms with E-state index in [9.17, 15) is 18.8 Å². The van der Waals surface area contributed by atoms with Crippen molar-refractivity contribution in [2.45, 2.75) is 51.1 Å². The molecule has 1 spiro atoms. The van der Waals surface area contributed by atoms with Crippen molar-refractivity contribution < 1.29 is 18.8 Å². The summed E-state index contributed by atoms with van der Waals surface area (Å²) in [5.74, 6) is -0.599. The highest BCUT2D eigenvalue weighted by Crippen LogP contribution is 2.34. The standard InChI is InChI=1S/C27H31FN4O3/c1-18-6-7-19(14-23(18)28)16-29-24(33)21-9-12-31(13-10-21)17-32-25(34)27(30-26(32)35)11-8-20-4-2-3-5-22(20)15-27/h2-7,14,21H,8-13,15-17H2,1H3,(H,29,33)(H,30,35). The number of fused-ring (bicyclic) bond motifs is 1. The van der Waals surface area contributed by atoms with E-state index in [4.69, 9.17) is 0 Å². The zero-order valence-electron chi connectivity index (χ0n) is 20.0. The van der Waals surface area contributed by atoms with Gasteiger partial charge in [0.15, 0.2) is 0 Å². The summed E-state index contributed by atoms with van der Waals surface area (Å²) >= 11 is 0. The van der Waals surface area contributed by atoms with Crippen molar-refractivity contribution in [1.29, 1.82) is 0 Å². The zero-order valence-corrected chi connectivity index (χ0v) is 20.0. The third-order valence-electron chi connectivity index (χ3n) is 7.68. The van der Waals surface area contributed by atoms with E-state index >= 15 is 0 Å². The van der Waals surface area contributed by atoms with Crippen LogP contribution in [0.3, 0.4) is 0 Å². The molecule has 2 heterocycles. The van der Waals surface area contributed by atoms with Gasteiger partial charge < -0.3 is 10.6 Å². The normalized spacial score (nSPS) is 22.9. The summed E-state index contributed by atoms with van der Waals surface area (Å²) in [6, 6.07) is 12.7. The number of piperidine rings is 1. The van der Waals surface area contributed by atoms with Crippen molar-refractivity contribution in [1.82, 2.24) is 20.4 Å². The van der Waals surface area contributed by atoms with E-state index in [-0.39, 0.29) is 36.2 Å². The van der Waals surface area contributed by atoms with Crippen LogP contribution in [0.25, 0.3) is 0 Å². The van der Waals surface area contributed by atoms with Gasteiger partial charge in [-0.25, -0.2) is 14.1 Å². The fraction of sp³-hybridized carbons (Fsp3) is 0.444. The van der Waals surface area contributed by atoms with E-state index < -0.39 is 5.54 Å². The highest BCUT2D eigenvalue weighted by molar-refractivity contribution is 6.07. The molecule has 1 unspecified atom stereocenters. The summed E-state index contributed by atoms with van der Waals surface area (Å²) in [5.41, 5.74) is 2.83. The Morgan fingerprint density at radius 3 is 2.63 bits per heavy atom. The van der Waals surface area contributed by atoms with Gasteiger partial charge in [-0.2, -0.15) is 0 Å². The number of carbonyl (C=O) groups is 3. The Morgan fingerprint density at radius 2 is 1.89 bits per heavy atom. The Balaban J connectivity index is 1.13. The Hall–Kier alpha value is -3.26. The van der Waals surface area contributed by atoms with Crippen molar-refractivity contribution in [2.24, 2.45) is 5.92 Å². The second-order valence-electron chi connectivity index (χ2n) is 10.0. The molecule has 2 aromatic rings. The second kappa shape index (κ2) is 9.41. The molecule has 35 heavy (non-hydrogen) atoms. The number of nitrogens with one attached hydrogen (secondary N) is 2. The molecule has 1 aliphatic carbocycles. The van der Waals surface area contributed by atoms with Gasteiger partial charge in [0.05, 0.1) is 6.67 Å². The van der Waals surface area contributed by atoms with Gasteiger partial charge in [0.2, 0.25) is 5.91 Å². The maximum Gasteiger partial charge on any atom is 0.326 e. The minimum atomic E-state index is -0.848. The fourth-order valence-electron chi connectivity index (χ4n) is 5.45. The highest BCUT2D eigenvalue weighted by atomic mass is 19.1. The van der Waals surface area contributed by atoms with Gasteiger partial charge in [-0.3, -0.25) is 14.5 Å². The predicted molar refractivity (Wildman–Crippen MR) is 129 cm³/mol. The Kier molecular flexibility index (Phi) is 6.32. The number of urea groups is 1. The summed E-state index contributed by atoms with van der Waals surface area (Å²) in [6.45, 7) is 3.50. The van der Waals surface area contributed by atoms with Crippen LogP contribution in [0.2, 0.25) is 0 Å². The maximum atomic E-state index is 13.7. The lowest BCUT2D eigenvalue weighted by molar-refractivity contribution is -0.134. The molecular weight excluding hydrogens is 447 g/mol. The molecule has 184 valence electrons. The van der Waals surface area contributed by atoms with Crippen molar-refractivity contribution >= 4 is 17.8 Å². The minimum absolute atomic E-state index is 0.0413. The van der Waals surface area contributed by atoms with Crippen LogP contribution in [0.1, 0.15) is 41.5 Å². The number of amides is 4. The van der Waals surface area contributed by atoms with Gasteiger partial charge in [-0.15, -0.1) is 0 Å². The van der Waals surface area contributed by atoms with E-state index in [1.165, 1.54) is 16.5 Å². The molecule has 1 atom stereocenters. The van der Waals surface area contributed by atoms with Crippen molar-refractivity contribution in [3.05, 3.63) is 70.5 Å². The van der Waals surface area contributed by atoms with E-state index in [0.29, 0.717) is 50.9 Å². The smallest absolute Gasteiger partial charge is 0.326 e. The van der Waals surface area contributed by atoms with Gasteiger partial charge in [0, 0.05) is 32.0 Å². The fourth-order valence-corrected chi connectivity index (χ4v) is 5.45. The largest absolute Gasteiger partial charge is 0.352 e. The van der Waals surface area contributed by atoms with Gasteiger partial charge >= 0.3 is 6.03 Å². The molecule has 3 aliphatic rings. The molecule has 2 N–H and O–H groups in total. The summed E-state index contributed by atoms with van der Waals surface area (Å²) in [4.78, 5) is 42.1. The molecule has 0 saturated carbocycles. The van der Waals surface area contributed by atoms with Gasteiger partial charge in [0.1, 0.15) is 11.4 Å². The van der Waals surface area contributed by atoms with Crippen LogP contribution in [-0.2, 0) is 29.0 Å². The van der Waals surface area contributed by atoms with E-state index in [1.54, 1.807) is 13.0 Å². The summed E-state index contributed by atoms with van der Waals surface area (Å²) in [5, 5.41) is 5.90.